The van der Waals surface area contributed by atoms with Crippen molar-refractivity contribution < 1.29 is 63.9 Å². The minimum atomic E-state index is -2.10. The van der Waals surface area contributed by atoms with Crippen molar-refractivity contribution >= 4 is 11.9 Å². The van der Waals surface area contributed by atoms with Crippen molar-refractivity contribution in [3.05, 3.63) is 60.8 Å². The normalized spacial score (nSPS) is 43.8. The fourth-order valence-corrected chi connectivity index (χ4v) is 6.00. The number of hydrogen-bond donors (Lipinski definition) is 7. The van der Waals surface area contributed by atoms with Gasteiger partial charge in [-0.25, -0.2) is 4.79 Å². The number of aliphatic hydroxyl groups is 5. The Labute approximate surface area is 273 Å². The van der Waals surface area contributed by atoms with Gasteiger partial charge in [0.05, 0.1) is 48.8 Å². The summed E-state index contributed by atoms with van der Waals surface area (Å²) in [5, 5.41) is 63.9. The molecule has 4 heterocycles. The van der Waals surface area contributed by atoms with Crippen molar-refractivity contribution in [2.24, 2.45) is 11.7 Å². The standard InChI is InChI=1S/C33H47NO13/c1-18-10-8-6-4-3-5-7-9-11-21(45-32-30(39)28(34)29(38)19(2)44-32)15-25-27(31(40)41)22(36)17-33(42,47-25)16-20(35)14-24-23(46-24)12-13-26(37)43-18/h3-9,11-13,18-25,27-30,32,35-36,38-39,42H,10,14-17,34H2,1-2H3,(H,40,41)/t18-,19?,20+,21+,22+,23-,24-,25+,27-,28-,29-,30-,32+,33-/m1/s1. The molecule has 2 bridgehead atoms. The van der Waals surface area contributed by atoms with Gasteiger partial charge in [0.25, 0.3) is 0 Å². The van der Waals surface area contributed by atoms with Gasteiger partial charge in [-0.2, -0.15) is 0 Å². The highest BCUT2D eigenvalue weighted by molar-refractivity contribution is 5.82. The van der Waals surface area contributed by atoms with Gasteiger partial charge in [-0.05, 0) is 19.9 Å². The molecule has 262 valence electrons. The lowest BCUT2D eigenvalue weighted by molar-refractivity contribution is -0.308. The third-order valence-corrected chi connectivity index (χ3v) is 8.58. The Morgan fingerprint density at radius 1 is 0.936 bits per heavy atom. The molecule has 1 unspecified atom stereocenters. The zero-order valence-corrected chi connectivity index (χ0v) is 26.4. The fourth-order valence-electron chi connectivity index (χ4n) is 6.00. The second-order valence-corrected chi connectivity index (χ2v) is 12.6. The van der Waals surface area contributed by atoms with Crippen LogP contribution in [0.25, 0.3) is 0 Å². The molecule has 3 saturated heterocycles. The van der Waals surface area contributed by atoms with Gasteiger partial charge in [-0.3, -0.25) is 4.79 Å². The lowest BCUT2D eigenvalue weighted by Crippen LogP contribution is -2.61. The molecule has 8 N–H and O–H groups in total. The number of aliphatic hydroxyl groups excluding tert-OH is 4. The van der Waals surface area contributed by atoms with Crippen molar-refractivity contribution in [2.45, 2.75) is 125 Å². The highest BCUT2D eigenvalue weighted by Gasteiger charge is 2.51. The molecule has 0 saturated carbocycles. The van der Waals surface area contributed by atoms with Gasteiger partial charge in [0.1, 0.15) is 24.2 Å². The van der Waals surface area contributed by atoms with Gasteiger partial charge in [0.2, 0.25) is 0 Å². The average Bonchev–Trinajstić information content (AvgIpc) is 3.72. The second-order valence-electron chi connectivity index (χ2n) is 12.6. The van der Waals surface area contributed by atoms with E-state index in [-0.39, 0.29) is 25.4 Å². The maximum Gasteiger partial charge on any atom is 0.330 e. The van der Waals surface area contributed by atoms with Crippen LogP contribution in [0.4, 0.5) is 0 Å². The Hall–Kier alpha value is -2.76. The van der Waals surface area contributed by atoms with Gasteiger partial charge < -0.3 is 60.1 Å². The largest absolute Gasteiger partial charge is 0.481 e. The molecule has 0 spiro atoms. The molecular weight excluding hydrogens is 618 g/mol. The molecule has 0 aromatic rings. The monoisotopic (exact) mass is 665 g/mol. The topological polar surface area (TPSA) is 231 Å². The number of nitrogens with two attached hydrogens (primary N) is 1. The number of ether oxygens (including phenoxy) is 5. The predicted octanol–water partition coefficient (Wildman–Crippen LogP) is 0.120. The van der Waals surface area contributed by atoms with Crippen LogP contribution in [-0.2, 0) is 33.3 Å². The molecule has 14 nitrogen and oxygen atoms in total. The predicted molar refractivity (Wildman–Crippen MR) is 165 cm³/mol. The number of carboxylic acid groups (broad SMARTS) is 1. The molecule has 0 aliphatic carbocycles. The number of carboxylic acids is 1. The minimum Gasteiger partial charge on any atom is -0.481 e. The summed E-state index contributed by atoms with van der Waals surface area (Å²) in [6.45, 7) is 3.34. The molecular formula is C33H47NO13. The SMILES string of the molecule is CC1O[C@@H](O[C@H]2C=CC=CC=CC=CC[C@@H](C)OC(=O)C=C[C@H]3O[C@@H]3C[C@H](O)C[C@]3(O)C[C@H](O)[C@@H](C(=O)O)[C@H](C2)O3)[C@H](O)[C@H](N)[C@@H]1O. The fraction of sp³-hybridized carbons (Fsp3) is 0.636. The maximum absolute atomic E-state index is 12.3. The number of cyclic esters (lactones) is 1. The summed E-state index contributed by atoms with van der Waals surface area (Å²) in [5.74, 6) is -5.45. The minimum absolute atomic E-state index is 0.0789. The van der Waals surface area contributed by atoms with E-state index in [1.54, 1.807) is 56.4 Å². The first-order valence-corrected chi connectivity index (χ1v) is 15.9. The molecule has 3 fully saturated rings. The molecule has 0 amide bonds. The number of hydrogen-bond acceptors (Lipinski definition) is 13. The summed E-state index contributed by atoms with van der Waals surface area (Å²) in [5.41, 5.74) is 5.98. The van der Waals surface area contributed by atoms with Crippen molar-refractivity contribution in [3.8, 4) is 0 Å². The van der Waals surface area contributed by atoms with Gasteiger partial charge >= 0.3 is 11.9 Å². The van der Waals surface area contributed by atoms with Crippen LogP contribution in [0.2, 0.25) is 0 Å². The smallest absolute Gasteiger partial charge is 0.330 e. The maximum atomic E-state index is 12.3. The number of aliphatic carboxylic acids is 1. The lowest BCUT2D eigenvalue weighted by atomic mass is 9.83. The van der Waals surface area contributed by atoms with Crippen molar-refractivity contribution in [1.82, 2.24) is 0 Å². The summed E-state index contributed by atoms with van der Waals surface area (Å²) in [6, 6.07) is -1.08. The molecule has 14 atom stereocenters. The van der Waals surface area contributed by atoms with E-state index in [0.29, 0.717) is 6.42 Å². The first kappa shape index (κ1) is 37.1. The van der Waals surface area contributed by atoms with E-state index in [1.807, 2.05) is 6.08 Å². The number of rotatable bonds is 3. The van der Waals surface area contributed by atoms with E-state index in [9.17, 15) is 40.2 Å². The number of fused-ring (bicyclic) bond motifs is 3. The van der Waals surface area contributed by atoms with Gasteiger partial charge in [0, 0.05) is 38.2 Å². The van der Waals surface area contributed by atoms with Crippen molar-refractivity contribution in [3.63, 3.8) is 0 Å². The highest BCUT2D eigenvalue weighted by Crippen LogP contribution is 2.39. The number of carbonyl (C=O) groups excluding carboxylic acids is 1. The summed E-state index contributed by atoms with van der Waals surface area (Å²) < 4.78 is 28.5. The van der Waals surface area contributed by atoms with E-state index < -0.39 is 97.3 Å². The van der Waals surface area contributed by atoms with Gasteiger partial charge in [-0.1, -0.05) is 48.6 Å². The zero-order chi connectivity index (χ0) is 34.3. The quantitative estimate of drug-likeness (QED) is 0.157. The molecule has 47 heavy (non-hydrogen) atoms. The van der Waals surface area contributed by atoms with Crippen LogP contribution in [0.15, 0.2) is 60.8 Å². The van der Waals surface area contributed by atoms with E-state index >= 15 is 0 Å². The zero-order valence-electron chi connectivity index (χ0n) is 26.4. The first-order chi connectivity index (χ1) is 22.3. The first-order valence-electron chi connectivity index (χ1n) is 15.9. The molecule has 4 rings (SSSR count). The van der Waals surface area contributed by atoms with E-state index in [0.717, 1.165) is 0 Å². The van der Waals surface area contributed by atoms with E-state index in [4.69, 9.17) is 29.4 Å². The van der Waals surface area contributed by atoms with Crippen LogP contribution in [0.3, 0.4) is 0 Å². The van der Waals surface area contributed by atoms with Gasteiger partial charge in [-0.15, -0.1) is 0 Å². The molecule has 4 aliphatic rings. The van der Waals surface area contributed by atoms with E-state index in [2.05, 4.69) is 0 Å². The number of carbonyl (C=O) groups is 2. The third-order valence-electron chi connectivity index (χ3n) is 8.58. The third kappa shape index (κ3) is 10.6. The number of epoxide rings is 1. The molecule has 0 radical (unpaired) electrons. The van der Waals surface area contributed by atoms with Crippen LogP contribution >= 0.6 is 0 Å². The molecule has 0 aromatic carbocycles. The van der Waals surface area contributed by atoms with Crippen LogP contribution in [0.5, 0.6) is 0 Å². The summed E-state index contributed by atoms with van der Waals surface area (Å²) in [6.07, 6.45) is 5.25. The lowest BCUT2D eigenvalue weighted by Gasteiger charge is -2.45. The Bertz CT molecular complexity index is 1220. The van der Waals surface area contributed by atoms with Crippen molar-refractivity contribution in [1.29, 1.82) is 0 Å². The number of allylic oxidation sites excluding steroid dienone is 6. The molecule has 4 aliphatic heterocycles. The Balaban J connectivity index is 1.58. The van der Waals surface area contributed by atoms with Crippen molar-refractivity contribution in [2.75, 3.05) is 0 Å². The van der Waals surface area contributed by atoms with Crippen LogP contribution in [0.1, 0.15) is 46.0 Å². The summed E-state index contributed by atoms with van der Waals surface area (Å²) in [7, 11) is 0. The Morgan fingerprint density at radius 2 is 1.64 bits per heavy atom. The van der Waals surface area contributed by atoms with E-state index in [1.165, 1.54) is 12.2 Å². The van der Waals surface area contributed by atoms with Crippen LogP contribution in [0, 0.1) is 5.92 Å². The van der Waals surface area contributed by atoms with Crippen LogP contribution < -0.4 is 5.73 Å². The summed E-state index contributed by atoms with van der Waals surface area (Å²) >= 11 is 0. The molecule has 14 heteroatoms. The van der Waals surface area contributed by atoms with Crippen LogP contribution in [-0.4, -0.2) is 122 Å². The summed E-state index contributed by atoms with van der Waals surface area (Å²) in [4.78, 5) is 24.4. The highest BCUT2D eigenvalue weighted by atomic mass is 16.7. The second kappa shape index (κ2) is 16.6. The average molecular weight is 666 g/mol. The molecule has 0 aromatic heterocycles. The Morgan fingerprint density at radius 3 is 2.36 bits per heavy atom. The van der Waals surface area contributed by atoms with Gasteiger partial charge in [0.15, 0.2) is 12.1 Å². The Kier molecular flexibility index (Phi) is 13.1. The number of esters is 1.